The number of hydrogen-bond acceptors (Lipinski definition) is 7. The highest BCUT2D eigenvalue weighted by Crippen LogP contribution is 2.23. The number of nitrogens with two attached hydrogens (primary N) is 2. The molecule has 3 aromatic rings. The molecule has 0 aliphatic carbocycles. The van der Waals surface area contributed by atoms with Crippen LogP contribution in [0.25, 0.3) is 10.9 Å². The van der Waals surface area contributed by atoms with Gasteiger partial charge in [0, 0.05) is 50.1 Å². The van der Waals surface area contributed by atoms with Crippen LogP contribution in [-0.2, 0) is 36.8 Å². The molecule has 0 bridgehead atoms. The first-order chi connectivity index (χ1) is 24.0. The Balaban J connectivity index is 1.58. The zero-order valence-electron chi connectivity index (χ0n) is 28.1. The molecule has 268 valence electrons. The summed E-state index contributed by atoms with van der Waals surface area (Å²) in [5.41, 5.74) is 13.2. The van der Waals surface area contributed by atoms with E-state index in [2.05, 4.69) is 33.6 Å². The highest BCUT2D eigenvalue weighted by Gasteiger charge is 2.39. The van der Waals surface area contributed by atoms with Crippen molar-refractivity contribution in [3.8, 4) is 0 Å². The lowest BCUT2D eigenvalue weighted by Crippen LogP contribution is -2.61. The fourth-order valence-electron chi connectivity index (χ4n) is 6.25. The van der Waals surface area contributed by atoms with E-state index in [1.807, 2.05) is 54.6 Å². The molecule has 0 saturated carbocycles. The standard InChI is InChI=1S/C35H46N8O6S/c1-42(30(44)21-50)29(18-22-10-3-2-4-11-22)34(48)43-17-8-7-15-28(43)33(47)41-27(19-23-20-39-25-13-6-5-12-24(23)25)32(46)40-26(31(36)45)14-9-16-38-35(37)49/h2-6,10-13,20,26-29,39,50H,7-9,14-19,21H2,1H3,(H2,36,45)(H,40,46)(H,41,47)(H3,37,38,49)/t26-,27-,28-,29-/m0/s1. The van der Waals surface area contributed by atoms with Crippen LogP contribution in [-0.4, -0.2) is 100 Å². The minimum Gasteiger partial charge on any atom is -0.368 e. The summed E-state index contributed by atoms with van der Waals surface area (Å²) in [6, 6.07) is 12.1. The number of hydrogen-bond donors (Lipinski definition) is 7. The molecule has 1 fully saturated rings. The van der Waals surface area contributed by atoms with Crippen molar-refractivity contribution in [2.45, 2.75) is 69.1 Å². The molecule has 0 radical (unpaired) electrons. The number of aromatic nitrogens is 1. The van der Waals surface area contributed by atoms with Gasteiger partial charge in [-0.25, -0.2) is 4.79 Å². The molecule has 1 aromatic heterocycles. The summed E-state index contributed by atoms with van der Waals surface area (Å²) < 4.78 is 0. The van der Waals surface area contributed by atoms with Gasteiger partial charge in [0.15, 0.2) is 0 Å². The van der Waals surface area contributed by atoms with Crippen molar-refractivity contribution in [2.24, 2.45) is 11.5 Å². The molecule has 0 unspecified atom stereocenters. The Morgan fingerprint density at radius 2 is 1.68 bits per heavy atom. The molecule has 4 atom stereocenters. The first kappa shape index (κ1) is 37.8. The summed E-state index contributed by atoms with van der Waals surface area (Å²) in [5.74, 6) is -2.72. The van der Waals surface area contributed by atoms with Crippen molar-refractivity contribution < 1.29 is 28.8 Å². The highest BCUT2D eigenvalue weighted by molar-refractivity contribution is 7.81. The number of nitrogens with zero attached hydrogens (tertiary/aromatic N) is 2. The van der Waals surface area contributed by atoms with E-state index >= 15 is 0 Å². The third-order valence-corrected chi connectivity index (χ3v) is 9.27. The van der Waals surface area contributed by atoms with E-state index in [1.54, 1.807) is 13.2 Å². The quantitative estimate of drug-likeness (QED) is 0.0852. The lowest BCUT2D eigenvalue weighted by molar-refractivity contribution is -0.149. The predicted molar refractivity (Wildman–Crippen MR) is 192 cm³/mol. The van der Waals surface area contributed by atoms with Crippen LogP contribution in [0.3, 0.4) is 0 Å². The molecule has 7 amide bonds. The minimum absolute atomic E-state index is 0.0762. The van der Waals surface area contributed by atoms with Crippen molar-refractivity contribution in [1.29, 1.82) is 0 Å². The van der Waals surface area contributed by atoms with Gasteiger partial charge in [-0.2, -0.15) is 12.6 Å². The fourth-order valence-corrected chi connectivity index (χ4v) is 6.47. The second-order valence-corrected chi connectivity index (χ2v) is 12.7. The number of para-hydroxylation sites is 1. The number of thiol groups is 1. The van der Waals surface area contributed by atoms with Crippen LogP contribution < -0.4 is 27.4 Å². The molecule has 15 heteroatoms. The maximum absolute atomic E-state index is 14.2. The van der Waals surface area contributed by atoms with Crippen molar-refractivity contribution in [2.75, 3.05) is 25.9 Å². The van der Waals surface area contributed by atoms with Crippen molar-refractivity contribution in [3.05, 3.63) is 71.9 Å². The number of amides is 7. The Labute approximate surface area is 296 Å². The first-order valence-corrected chi connectivity index (χ1v) is 17.3. The van der Waals surface area contributed by atoms with Gasteiger partial charge in [0.05, 0.1) is 5.75 Å². The monoisotopic (exact) mass is 706 g/mol. The molecule has 1 aliphatic rings. The maximum atomic E-state index is 14.2. The third kappa shape index (κ3) is 10.00. The number of fused-ring (bicyclic) bond motifs is 1. The number of aromatic amines is 1. The van der Waals surface area contributed by atoms with Crippen LogP contribution in [0.1, 0.15) is 43.2 Å². The second kappa shape index (κ2) is 18.1. The number of likely N-dealkylation sites (tertiary alicyclic amines) is 1. The average molecular weight is 707 g/mol. The summed E-state index contributed by atoms with van der Waals surface area (Å²) in [5, 5.41) is 8.84. The SMILES string of the molecule is CN(C(=O)CS)[C@@H](Cc1ccccc1)C(=O)N1CCCC[C@H]1C(=O)N[C@@H](Cc1c[nH]c2ccccc12)C(=O)N[C@@H](CCCNC(N)=O)C(N)=O. The topological polar surface area (TPSA) is 213 Å². The molecule has 8 N–H and O–H groups in total. The van der Waals surface area contributed by atoms with Gasteiger partial charge in [-0.15, -0.1) is 0 Å². The Kier molecular flexibility index (Phi) is 13.7. The van der Waals surface area contributed by atoms with E-state index in [0.717, 1.165) is 22.0 Å². The highest BCUT2D eigenvalue weighted by atomic mass is 32.1. The third-order valence-electron chi connectivity index (χ3n) is 9.00. The lowest BCUT2D eigenvalue weighted by atomic mass is 9.96. The molecule has 4 rings (SSSR count). The molecular formula is C35H46N8O6S. The molecular weight excluding hydrogens is 661 g/mol. The zero-order chi connectivity index (χ0) is 36.2. The second-order valence-electron chi connectivity index (χ2n) is 12.4. The van der Waals surface area contributed by atoms with Gasteiger partial charge in [-0.1, -0.05) is 48.5 Å². The van der Waals surface area contributed by atoms with E-state index < -0.39 is 47.9 Å². The van der Waals surface area contributed by atoms with Crippen molar-refractivity contribution in [3.63, 3.8) is 0 Å². The summed E-state index contributed by atoms with van der Waals surface area (Å²) in [6.45, 7) is 0.476. The summed E-state index contributed by atoms with van der Waals surface area (Å²) in [6.07, 6.45) is 4.23. The first-order valence-electron chi connectivity index (χ1n) is 16.7. The fraction of sp³-hybridized carbons (Fsp3) is 0.429. The number of H-pyrrole nitrogens is 1. The van der Waals surface area contributed by atoms with E-state index in [4.69, 9.17) is 11.5 Å². The van der Waals surface area contributed by atoms with Crippen LogP contribution in [0, 0.1) is 0 Å². The Morgan fingerprint density at radius 3 is 2.38 bits per heavy atom. The van der Waals surface area contributed by atoms with Crippen molar-refractivity contribution >= 4 is 59.1 Å². The molecule has 2 aromatic carbocycles. The normalized spacial score (nSPS) is 16.1. The lowest BCUT2D eigenvalue weighted by Gasteiger charge is -2.39. The van der Waals surface area contributed by atoms with E-state index in [1.165, 1.54) is 9.80 Å². The van der Waals surface area contributed by atoms with E-state index in [9.17, 15) is 28.8 Å². The van der Waals surface area contributed by atoms with Gasteiger partial charge in [-0.3, -0.25) is 24.0 Å². The van der Waals surface area contributed by atoms with E-state index in [-0.39, 0.29) is 43.4 Å². The number of piperidine rings is 1. The van der Waals surface area contributed by atoms with Gasteiger partial charge in [0.25, 0.3) is 0 Å². The van der Waals surface area contributed by atoms with E-state index in [0.29, 0.717) is 32.2 Å². The van der Waals surface area contributed by atoms with Gasteiger partial charge < -0.3 is 42.2 Å². The number of primary amides is 2. The van der Waals surface area contributed by atoms with Gasteiger partial charge in [-0.05, 0) is 49.3 Å². The van der Waals surface area contributed by atoms with Crippen LogP contribution >= 0.6 is 12.6 Å². The molecule has 2 heterocycles. The maximum Gasteiger partial charge on any atom is 0.312 e. The summed E-state index contributed by atoms with van der Waals surface area (Å²) in [7, 11) is 1.56. The number of nitrogens with one attached hydrogen (secondary N) is 4. The van der Waals surface area contributed by atoms with Gasteiger partial charge in [0.2, 0.25) is 29.5 Å². The van der Waals surface area contributed by atoms with Crippen molar-refractivity contribution in [1.82, 2.24) is 30.7 Å². The van der Waals surface area contributed by atoms with Gasteiger partial charge in [0.1, 0.15) is 24.2 Å². The Bertz CT molecular complexity index is 1670. The Hall–Kier alpha value is -5.05. The number of likely N-dealkylation sites (N-methyl/N-ethyl adjacent to an activating group) is 1. The van der Waals surface area contributed by atoms with Crippen LogP contribution in [0.15, 0.2) is 60.8 Å². The molecule has 1 aliphatic heterocycles. The number of carbonyl (C=O) groups is 6. The van der Waals surface area contributed by atoms with Crippen LogP contribution in [0.2, 0.25) is 0 Å². The summed E-state index contributed by atoms with van der Waals surface area (Å²) >= 11 is 4.13. The number of carbonyl (C=O) groups excluding carboxylic acids is 6. The predicted octanol–water partition coefficient (Wildman–Crippen LogP) is 0.994. The molecule has 14 nitrogen and oxygen atoms in total. The number of benzene rings is 2. The zero-order valence-corrected chi connectivity index (χ0v) is 29.0. The molecule has 0 spiro atoms. The largest absolute Gasteiger partial charge is 0.368 e. The van der Waals surface area contributed by atoms with Crippen LogP contribution in [0.4, 0.5) is 4.79 Å². The average Bonchev–Trinajstić information content (AvgIpc) is 3.53. The number of urea groups is 1. The smallest absolute Gasteiger partial charge is 0.312 e. The molecule has 50 heavy (non-hydrogen) atoms. The summed E-state index contributed by atoms with van der Waals surface area (Å²) in [4.78, 5) is 84.4. The van der Waals surface area contributed by atoms with Crippen LogP contribution in [0.5, 0.6) is 0 Å². The molecule has 1 saturated heterocycles. The van der Waals surface area contributed by atoms with Gasteiger partial charge >= 0.3 is 6.03 Å². The number of rotatable bonds is 16. The Morgan fingerprint density at radius 1 is 0.960 bits per heavy atom. The minimum atomic E-state index is -1.14.